The number of aliphatic hydroxyl groups excluding tert-OH is 3. The predicted molar refractivity (Wildman–Crippen MR) is 211 cm³/mol. The van der Waals surface area contributed by atoms with Crippen LogP contribution in [-0.2, 0) is 14.4 Å². The van der Waals surface area contributed by atoms with Gasteiger partial charge in [0.05, 0.1) is 24.4 Å². The summed E-state index contributed by atoms with van der Waals surface area (Å²) in [6.07, 6.45) is 11.2. The Labute approximate surface area is 324 Å². The molecule has 0 heterocycles. The lowest BCUT2D eigenvalue weighted by atomic mass is 9.36. The molecule has 3 saturated carbocycles. The maximum Gasteiger partial charge on any atom is 0.331 e. The molecule has 296 valence electrons. The van der Waals surface area contributed by atoms with Crippen molar-refractivity contribution in [2.24, 2.45) is 67.2 Å². The fourth-order valence-corrected chi connectivity index (χ4v) is 13.6. The number of Topliss-reactive ketones (excluding diaryl/α,β-unsaturated/α-hetero) is 2. The number of guanidine groups is 1. The van der Waals surface area contributed by atoms with Crippen LogP contribution < -0.4 is 11.5 Å². The van der Waals surface area contributed by atoms with Crippen molar-refractivity contribution in [2.75, 3.05) is 0 Å². The van der Waals surface area contributed by atoms with Crippen LogP contribution >= 0.6 is 0 Å². The number of aliphatic hydroxyl groups is 3. The topological polar surface area (TPSA) is 197 Å². The Balaban J connectivity index is 1.48. The van der Waals surface area contributed by atoms with Gasteiger partial charge >= 0.3 is 5.97 Å². The van der Waals surface area contributed by atoms with E-state index in [0.717, 1.165) is 31.2 Å². The van der Waals surface area contributed by atoms with E-state index in [9.17, 15) is 30.0 Å². The fraction of sp³-hybridized carbons (Fsp3) is 0.600. The van der Waals surface area contributed by atoms with Gasteiger partial charge in [0.1, 0.15) is 5.78 Å². The number of aliphatic imine (C=N–C) groups is 1. The number of nitrogens with two attached hydrogens (primary N) is 2. The summed E-state index contributed by atoms with van der Waals surface area (Å²) in [5, 5.41) is 47.5. The highest BCUT2D eigenvalue weighted by Gasteiger charge is 2.77. The third kappa shape index (κ3) is 5.52. The molecule has 0 aromatic heterocycles. The van der Waals surface area contributed by atoms with Crippen LogP contribution in [0.3, 0.4) is 0 Å². The van der Waals surface area contributed by atoms with Crippen LogP contribution in [0.25, 0.3) is 6.08 Å². The maximum atomic E-state index is 15.5. The molecule has 10 heteroatoms. The molecular weight excluding hydrogens is 695 g/mol. The normalized spacial score (nSPS) is 41.6. The first-order chi connectivity index (χ1) is 25.9. The van der Waals surface area contributed by atoms with E-state index in [2.05, 4.69) is 24.1 Å². The van der Waals surface area contributed by atoms with Crippen LogP contribution in [0.2, 0.25) is 0 Å². The van der Waals surface area contributed by atoms with Gasteiger partial charge in [-0.25, -0.2) is 9.79 Å². The molecule has 8 N–H and O–H groups in total. The summed E-state index contributed by atoms with van der Waals surface area (Å²) in [4.78, 5) is 45.8. The molecule has 10 nitrogen and oxygen atoms in total. The molecule has 55 heavy (non-hydrogen) atoms. The van der Waals surface area contributed by atoms with Crippen LogP contribution in [0.5, 0.6) is 0 Å². The zero-order valence-electron chi connectivity index (χ0n) is 32.9. The van der Waals surface area contributed by atoms with Crippen molar-refractivity contribution in [3.8, 4) is 0 Å². The Bertz CT molecular complexity index is 1910. The van der Waals surface area contributed by atoms with Crippen LogP contribution in [-0.4, -0.2) is 68.3 Å². The minimum atomic E-state index is -1.26. The number of nitrogens with zero attached hydrogens (tertiary/aromatic N) is 1. The number of carbonyl (C=O) groups excluding carboxylic acids is 2. The van der Waals surface area contributed by atoms with E-state index in [-0.39, 0.29) is 41.9 Å². The number of carboxylic acid groups (broad SMARTS) is 1. The van der Waals surface area contributed by atoms with Gasteiger partial charge in [-0.15, -0.1) is 0 Å². The molecular formula is C45H59N3O7. The van der Waals surface area contributed by atoms with Crippen molar-refractivity contribution >= 4 is 29.6 Å². The second-order valence-electron chi connectivity index (χ2n) is 18.5. The van der Waals surface area contributed by atoms with Gasteiger partial charge in [0, 0.05) is 57.5 Å². The number of carbonyl (C=O) groups is 3. The third-order valence-corrected chi connectivity index (χ3v) is 15.9. The lowest BCUT2D eigenvalue weighted by molar-refractivity contribution is -0.158. The molecule has 1 aromatic carbocycles. The number of ketones is 2. The highest BCUT2D eigenvalue weighted by atomic mass is 16.4. The summed E-state index contributed by atoms with van der Waals surface area (Å²) in [6.45, 7) is 9.49. The Morgan fingerprint density at radius 2 is 1.71 bits per heavy atom. The van der Waals surface area contributed by atoms with E-state index in [1.54, 1.807) is 0 Å². The summed E-state index contributed by atoms with van der Waals surface area (Å²) in [7, 11) is 0. The van der Waals surface area contributed by atoms with Gasteiger partial charge in [-0.1, -0.05) is 102 Å². The van der Waals surface area contributed by atoms with E-state index in [1.165, 1.54) is 13.0 Å². The molecule has 0 amide bonds. The van der Waals surface area contributed by atoms with Crippen molar-refractivity contribution in [1.29, 1.82) is 0 Å². The number of fused-ring (bicyclic) bond motifs is 2. The maximum absolute atomic E-state index is 15.5. The third-order valence-electron chi connectivity index (χ3n) is 15.9. The van der Waals surface area contributed by atoms with Gasteiger partial charge in [-0.05, 0) is 67.1 Å². The molecule has 0 radical (unpaired) electrons. The van der Waals surface area contributed by atoms with Crippen LogP contribution in [0.15, 0.2) is 76.3 Å². The van der Waals surface area contributed by atoms with Gasteiger partial charge in [-0.2, -0.15) is 0 Å². The predicted octanol–water partition coefficient (Wildman–Crippen LogP) is 5.52. The molecule has 0 saturated heterocycles. The standard InChI is InChI=1S/C45H59N3O7/c1-25(39(54)55)22-30(49)34-26(2)44(21-16-29(34)48-40(46)47)24-33(52)42(5)36-35-31(50)23-45(42,44)19-11-7-10-18-43(35)20-17-32(51)41(3,4)38(43)28(37(36)53)15-14-27-12-8-6-9-13-27/h6,8-9,12-16,21-22,26,28-30,33-34,37-38,49,52-53H,7,10-11,17-20,23-24H2,1-5H3,(H,54,55)(H4,46,47,48). The first-order valence-electron chi connectivity index (χ1n) is 20.2. The van der Waals surface area contributed by atoms with Gasteiger partial charge in [0.2, 0.25) is 0 Å². The van der Waals surface area contributed by atoms with Crippen LogP contribution in [0.1, 0.15) is 98.0 Å². The lowest BCUT2D eigenvalue weighted by Gasteiger charge is -2.66. The number of benzene rings is 1. The summed E-state index contributed by atoms with van der Waals surface area (Å²) >= 11 is 0. The molecule has 0 aliphatic heterocycles. The smallest absolute Gasteiger partial charge is 0.331 e. The van der Waals surface area contributed by atoms with E-state index >= 15 is 4.79 Å². The molecule has 3 fully saturated rings. The second-order valence-corrected chi connectivity index (χ2v) is 18.5. The average molecular weight is 754 g/mol. The van der Waals surface area contributed by atoms with Crippen molar-refractivity contribution in [2.45, 2.75) is 117 Å². The highest BCUT2D eigenvalue weighted by Crippen LogP contribution is 2.79. The zero-order chi connectivity index (χ0) is 39.9. The molecule has 6 aliphatic carbocycles. The zero-order valence-corrected chi connectivity index (χ0v) is 32.9. The van der Waals surface area contributed by atoms with Gasteiger partial charge in [0.15, 0.2) is 11.7 Å². The number of aliphatic carboxylic acids is 1. The number of allylic oxidation sites excluding steroid dienone is 2. The van der Waals surface area contributed by atoms with E-state index < -0.39 is 75.2 Å². The lowest BCUT2D eigenvalue weighted by Crippen LogP contribution is -2.66. The molecule has 6 aliphatic rings. The summed E-state index contributed by atoms with van der Waals surface area (Å²) in [5.74, 6) is -3.16. The van der Waals surface area contributed by atoms with E-state index in [0.29, 0.717) is 30.4 Å². The Kier molecular flexibility index (Phi) is 9.78. The van der Waals surface area contributed by atoms with Gasteiger partial charge in [-0.3, -0.25) is 9.59 Å². The Morgan fingerprint density at radius 3 is 2.38 bits per heavy atom. The average Bonchev–Trinajstić information content (AvgIpc) is 3.31. The minimum Gasteiger partial charge on any atom is -0.478 e. The quantitative estimate of drug-likeness (QED) is 0.0939. The Hall–Kier alpha value is -3.86. The van der Waals surface area contributed by atoms with Gasteiger partial charge in [0.25, 0.3) is 0 Å². The molecule has 7 rings (SSSR count). The van der Waals surface area contributed by atoms with Crippen LogP contribution in [0.4, 0.5) is 0 Å². The van der Waals surface area contributed by atoms with Crippen molar-refractivity contribution in [3.05, 3.63) is 76.9 Å². The van der Waals surface area contributed by atoms with Crippen molar-refractivity contribution in [3.63, 3.8) is 0 Å². The van der Waals surface area contributed by atoms with Crippen LogP contribution in [0, 0.1) is 50.7 Å². The summed E-state index contributed by atoms with van der Waals surface area (Å²) in [5.41, 5.74) is 9.76. The van der Waals surface area contributed by atoms with E-state index in [4.69, 9.17) is 11.5 Å². The SMILES string of the molecule is CC(=CC(O)C1C(N=C(N)N)C=CC2(CC(O)C3(C)C4=C5C(=O)CC23CCCCCC52CCC(=O)C(C)(C)C2C(C=Cc2ccccc2)C4O)C1C)C(=O)O. The number of rotatable bonds is 6. The molecule has 3 spiro atoms. The number of hydrogen-bond acceptors (Lipinski definition) is 7. The fourth-order valence-electron chi connectivity index (χ4n) is 13.6. The van der Waals surface area contributed by atoms with Gasteiger partial charge < -0.3 is 31.9 Å². The summed E-state index contributed by atoms with van der Waals surface area (Å²) in [6, 6.07) is 9.20. The van der Waals surface area contributed by atoms with Crippen molar-refractivity contribution in [1.82, 2.24) is 0 Å². The highest BCUT2D eigenvalue weighted by molar-refractivity contribution is 6.01. The Morgan fingerprint density at radius 1 is 1.02 bits per heavy atom. The minimum absolute atomic E-state index is 0.0174. The largest absolute Gasteiger partial charge is 0.478 e. The van der Waals surface area contributed by atoms with E-state index in [1.807, 2.05) is 63.3 Å². The summed E-state index contributed by atoms with van der Waals surface area (Å²) < 4.78 is 0. The number of hydrogen-bond donors (Lipinski definition) is 6. The monoisotopic (exact) mass is 753 g/mol. The first-order valence-corrected chi connectivity index (χ1v) is 20.2. The van der Waals surface area contributed by atoms with Crippen molar-refractivity contribution < 1.29 is 34.8 Å². The molecule has 1 aromatic rings. The molecule has 2 bridgehead atoms. The number of carboxylic acids is 1. The second kappa shape index (κ2) is 13.7. The molecule has 12 atom stereocenters. The molecule has 12 unspecified atom stereocenters. The first kappa shape index (κ1) is 39.4.